The van der Waals surface area contributed by atoms with Crippen molar-refractivity contribution in [2.45, 2.75) is 39.2 Å². The molecule has 0 spiro atoms. The van der Waals surface area contributed by atoms with Crippen molar-refractivity contribution < 1.29 is 19.1 Å². The van der Waals surface area contributed by atoms with Crippen LogP contribution in [-0.2, 0) is 19.1 Å². The standard InChI is InChI=1S/C22H30N2O4/c1-16(2)15-19(22(27)28-3)23-21(26)18-11-13-24(14-12-18)20(25)10-9-17-7-5-4-6-8-17/h4-10,16,18-19H,11-15H2,1-3H3,(H,23,26)/b10-9+/t19-/m0/s1. The molecule has 152 valence electrons. The first-order chi connectivity index (χ1) is 13.4. The predicted molar refractivity (Wildman–Crippen MR) is 108 cm³/mol. The van der Waals surface area contributed by atoms with Crippen LogP contribution in [0.5, 0.6) is 0 Å². The van der Waals surface area contributed by atoms with E-state index in [2.05, 4.69) is 5.32 Å². The van der Waals surface area contributed by atoms with Gasteiger partial charge in [0.05, 0.1) is 7.11 Å². The number of methoxy groups -OCH3 is 1. The fraction of sp³-hybridized carbons (Fsp3) is 0.500. The van der Waals surface area contributed by atoms with Gasteiger partial charge >= 0.3 is 5.97 Å². The number of likely N-dealkylation sites (tertiary alicyclic amines) is 1. The normalized spacial score (nSPS) is 16.2. The summed E-state index contributed by atoms with van der Waals surface area (Å²) in [6.07, 6.45) is 5.10. The number of hydrogen-bond donors (Lipinski definition) is 1. The van der Waals surface area contributed by atoms with Crippen molar-refractivity contribution in [3.8, 4) is 0 Å². The Morgan fingerprint density at radius 2 is 1.82 bits per heavy atom. The van der Waals surface area contributed by atoms with Crippen molar-refractivity contribution in [3.63, 3.8) is 0 Å². The zero-order valence-corrected chi connectivity index (χ0v) is 16.9. The van der Waals surface area contributed by atoms with Crippen LogP contribution < -0.4 is 5.32 Å². The molecule has 0 aromatic heterocycles. The van der Waals surface area contributed by atoms with E-state index in [9.17, 15) is 14.4 Å². The maximum absolute atomic E-state index is 12.6. The second kappa shape index (κ2) is 10.6. The third-order valence-electron chi connectivity index (χ3n) is 4.90. The Balaban J connectivity index is 1.84. The highest BCUT2D eigenvalue weighted by atomic mass is 16.5. The molecule has 1 N–H and O–H groups in total. The smallest absolute Gasteiger partial charge is 0.328 e. The summed E-state index contributed by atoms with van der Waals surface area (Å²) in [6, 6.07) is 9.04. The minimum Gasteiger partial charge on any atom is -0.467 e. The van der Waals surface area contributed by atoms with Gasteiger partial charge < -0.3 is 15.0 Å². The molecule has 2 rings (SSSR count). The molecule has 0 saturated carbocycles. The molecule has 28 heavy (non-hydrogen) atoms. The number of ether oxygens (including phenoxy) is 1. The lowest BCUT2D eigenvalue weighted by atomic mass is 9.94. The molecule has 6 heteroatoms. The quantitative estimate of drug-likeness (QED) is 0.577. The number of nitrogens with one attached hydrogen (secondary N) is 1. The molecule has 0 aliphatic carbocycles. The lowest BCUT2D eigenvalue weighted by molar-refractivity contribution is -0.146. The molecule has 1 fully saturated rings. The van der Waals surface area contributed by atoms with E-state index in [-0.39, 0.29) is 23.7 Å². The summed E-state index contributed by atoms with van der Waals surface area (Å²) in [6.45, 7) is 5.05. The van der Waals surface area contributed by atoms with Gasteiger partial charge in [0.25, 0.3) is 0 Å². The summed E-state index contributed by atoms with van der Waals surface area (Å²) in [4.78, 5) is 38.6. The van der Waals surface area contributed by atoms with E-state index in [1.165, 1.54) is 7.11 Å². The number of carbonyl (C=O) groups is 3. The van der Waals surface area contributed by atoms with Crippen molar-refractivity contribution in [3.05, 3.63) is 42.0 Å². The first-order valence-electron chi connectivity index (χ1n) is 9.81. The van der Waals surface area contributed by atoms with Gasteiger partial charge in [0, 0.05) is 25.1 Å². The molecular formula is C22H30N2O4. The lowest BCUT2D eigenvalue weighted by Gasteiger charge is -2.31. The Labute approximate surface area is 166 Å². The highest BCUT2D eigenvalue weighted by Gasteiger charge is 2.30. The van der Waals surface area contributed by atoms with Crippen LogP contribution in [0.25, 0.3) is 6.08 Å². The van der Waals surface area contributed by atoms with E-state index in [4.69, 9.17) is 4.74 Å². The molecule has 1 heterocycles. The van der Waals surface area contributed by atoms with Crippen molar-refractivity contribution in [2.75, 3.05) is 20.2 Å². The van der Waals surface area contributed by atoms with Gasteiger partial charge in [0.1, 0.15) is 6.04 Å². The largest absolute Gasteiger partial charge is 0.467 e. The molecule has 1 aromatic rings. The summed E-state index contributed by atoms with van der Waals surface area (Å²) in [5.41, 5.74) is 0.976. The molecule has 1 saturated heterocycles. The summed E-state index contributed by atoms with van der Waals surface area (Å²) in [5, 5.41) is 2.83. The van der Waals surface area contributed by atoms with Gasteiger partial charge in [0.15, 0.2) is 0 Å². The molecule has 0 unspecified atom stereocenters. The first-order valence-corrected chi connectivity index (χ1v) is 9.81. The number of carbonyl (C=O) groups excluding carboxylic acids is 3. The number of nitrogens with zero attached hydrogens (tertiary/aromatic N) is 1. The minimum absolute atomic E-state index is 0.0463. The highest BCUT2D eigenvalue weighted by Crippen LogP contribution is 2.19. The van der Waals surface area contributed by atoms with Crippen LogP contribution in [0.2, 0.25) is 0 Å². The zero-order valence-electron chi connectivity index (χ0n) is 16.9. The van der Waals surface area contributed by atoms with Crippen LogP contribution in [0.15, 0.2) is 36.4 Å². The average molecular weight is 386 g/mol. The van der Waals surface area contributed by atoms with Crippen LogP contribution in [0, 0.1) is 11.8 Å². The second-order valence-corrected chi connectivity index (χ2v) is 7.56. The number of piperidine rings is 1. The number of rotatable bonds is 7. The van der Waals surface area contributed by atoms with Crippen molar-refractivity contribution in [2.24, 2.45) is 11.8 Å². The van der Waals surface area contributed by atoms with Gasteiger partial charge in [-0.1, -0.05) is 44.2 Å². The van der Waals surface area contributed by atoms with E-state index in [1.54, 1.807) is 17.1 Å². The van der Waals surface area contributed by atoms with Crippen molar-refractivity contribution in [1.82, 2.24) is 10.2 Å². The Morgan fingerprint density at radius 3 is 2.39 bits per heavy atom. The van der Waals surface area contributed by atoms with E-state index in [0.717, 1.165) is 5.56 Å². The van der Waals surface area contributed by atoms with Crippen molar-refractivity contribution >= 4 is 23.9 Å². The molecule has 1 aliphatic heterocycles. The van der Waals surface area contributed by atoms with Gasteiger partial charge in [-0.15, -0.1) is 0 Å². The average Bonchev–Trinajstić information content (AvgIpc) is 2.71. The number of hydrogen-bond acceptors (Lipinski definition) is 4. The SMILES string of the molecule is COC(=O)[C@H](CC(C)C)NC(=O)C1CCN(C(=O)/C=C/c2ccccc2)CC1. The highest BCUT2D eigenvalue weighted by molar-refractivity contribution is 5.92. The Kier molecular flexibility index (Phi) is 8.23. The van der Waals surface area contributed by atoms with E-state index in [1.807, 2.05) is 44.2 Å². The third-order valence-corrected chi connectivity index (χ3v) is 4.90. The monoisotopic (exact) mass is 386 g/mol. The second-order valence-electron chi connectivity index (χ2n) is 7.56. The summed E-state index contributed by atoms with van der Waals surface area (Å²) < 4.78 is 4.80. The zero-order chi connectivity index (χ0) is 20.5. The number of amides is 2. The Morgan fingerprint density at radius 1 is 1.18 bits per heavy atom. The van der Waals surface area contributed by atoms with Gasteiger partial charge in [-0.25, -0.2) is 4.79 Å². The van der Waals surface area contributed by atoms with Crippen LogP contribution in [0.3, 0.4) is 0 Å². The molecule has 2 amide bonds. The fourth-order valence-electron chi connectivity index (χ4n) is 3.32. The van der Waals surface area contributed by atoms with E-state index in [0.29, 0.717) is 32.4 Å². The Hall–Kier alpha value is -2.63. The number of benzene rings is 1. The molecule has 1 atom stereocenters. The molecular weight excluding hydrogens is 356 g/mol. The lowest BCUT2D eigenvalue weighted by Crippen LogP contribution is -2.48. The maximum Gasteiger partial charge on any atom is 0.328 e. The van der Waals surface area contributed by atoms with Crippen LogP contribution in [0.1, 0.15) is 38.7 Å². The Bertz CT molecular complexity index is 692. The van der Waals surface area contributed by atoms with Crippen LogP contribution >= 0.6 is 0 Å². The first kappa shape index (κ1) is 21.7. The summed E-state index contributed by atoms with van der Waals surface area (Å²) in [7, 11) is 1.33. The van der Waals surface area contributed by atoms with Gasteiger partial charge in [-0.05, 0) is 36.8 Å². The molecule has 0 bridgehead atoms. The van der Waals surface area contributed by atoms with Gasteiger partial charge in [0.2, 0.25) is 11.8 Å². The van der Waals surface area contributed by atoms with Gasteiger partial charge in [-0.3, -0.25) is 9.59 Å². The molecule has 0 radical (unpaired) electrons. The van der Waals surface area contributed by atoms with Crippen LogP contribution in [-0.4, -0.2) is 48.9 Å². The molecule has 1 aromatic carbocycles. The maximum atomic E-state index is 12.6. The topological polar surface area (TPSA) is 75.7 Å². The molecule has 1 aliphatic rings. The third kappa shape index (κ3) is 6.51. The predicted octanol–water partition coefficient (Wildman–Crippen LogP) is 2.64. The van der Waals surface area contributed by atoms with Gasteiger partial charge in [-0.2, -0.15) is 0 Å². The van der Waals surface area contributed by atoms with Crippen LogP contribution in [0.4, 0.5) is 0 Å². The van der Waals surface area contributed by atoms with Crippen molar-refractivity contribution in [1.29, 1.82) is 0 Å². The summed E-state index contributed by atoms with van der Waals surface area (Å²) in [5.74, 6) is -0.527. The molecule has 6 nitrogen and oxygen atoms in total. The van der Waals surface area contributed by atoms with E-state index >= 15 is 0 Å². The fourth-order valence-corrected chi connectivity index (χ4v) is 3.32. The van der Waals surface area contributed by atoms with E-state index < -0.39 is 12.0 Å². The minimum atomic E-state index is -0.619. The number of esters is 1. The summed E-state index contributed by atoms with van der Waals surface area (Å²) >= 11 is 0.